The standard InChI is InChI=1S/C18H21Cl2N/c1-4-18(16-10-7-14(19)11-17(16)20)21-15-8-5-13(6-9-15)12(2)3/h5-12,18,21H,4H2,1-3H3. The van der Waals surface area contributed by atoms with Gasteiger partial charge in [0.25, 0.3) is 0 Å². The number of benzene rings is 2. The molecule has 0 amide bonds. The SMILES string of the molecule is CCC(Nc1ccc(C(C)C)cc1)c1ccc(Cl)cc1Cl. The van der Waals surface area contributed by atoms with E-state index >= 15 is 0 Å². The van der Waals surface area contributed by atoms with Crippen molar-refractivity contribution in [1.82, 2.24) is 0 Å². The van der Waals surface area contributed by atoms with E-state index in [0.717, 1.165) is 17.7 Å². The lowest BCUT2D eigenvalue weighted by molar-refractivity contribution is 0.749. The van der Waals surface area contributed by atoms with Crippen LogP contribution in [0.3, 0.4) is 0 Å². The van der Waals surface area contributed by atoms with E-state index in [9.17, 15) is 0 Å². The molecule has 1 unspecified atom stereocenters. The summed E-state index contributed by atoms with van der Waals surface area (Å²) in [5, 5.41) is 4.92. The molecule has 0 radical (unpaired) electrons. The van der Waals surface area contributed by atoms with Crippen LogP contribution in [0.25, 0.3) is 0 Å². The summed E-state index contributed by atoms with van der Waals surface area (Å²) in [6.45, 7) is 6.54. The van der Waals surface area contributed by atoms with Crippen LogP contribution in [-0.4, -0.2) is 0 Å². The molecule has 0 spiro atoms. The molecule has 0 aliphatic carbocycles. The second kappa shape index (κ2) is 7.20. The van der Waals surface area contributed by atoms with Crippen molar-refractivity contribution in [2.24, 2.45) is 0 Å². The largest absolute Gasteiger partial charge is 0.378 e. The van der Waals surface area contributed by atoms with Gasteiger partial charge in [0.1, 0.15) is 0 Å². The Balaban J connectivity index is 2.18. The average Bonchev–Trinajstić information content (AvgIpc) is 2.46. The number of hydrogen-bond acceptors (Lipinski definition) is 1. The highest BCUT2D eigenvalue weighted by Crippen LogP contribution is 2.31. The molecule has 1 N–H and O–H groups in total. The lowest BCUT2D eigenvalue weighted by Gasteiger charge is -2.20. The fourth-order valence-corrected chi connectivity index (χ4v) is 2.89. The quantitative estimate of drug-likeness (QED) is 0.647. The van der Waals surface area contributed by atoms with Gasteiger partial charge in [-0.3, -0.25) is 0 Å². The summed E-state index contributed by atoms with van der Waals surface area (Å²) in [5.41, 5.74) is 3.53. The molecule has 0 saturated carbocycles. The van der Waals surface area contributed by atoms with Gasteiger partial charge in [-0.05, 0) is 47.7 Å². The second-order valence-corrected chi connectivity index (χ2v) is 6.39. The molecule has 0 aromatic heterocycles. The van der Waals surface area contributed by atoms with E-state index in [-0.39, 0.29) is 6.04 Å². The van der Waals surface area contributed by atoms with Crippen molar-refractivity contribution < 1.29 is 0 Å². The number of rotatable bonds is 5. The van der Waals surface area contributed by atoms with E-state index in [4.69, 9.17) is 23.2 Å². The van der Waals surface area contributed by atoms with Gasteiger partial charge in [0.2, 0.25) is 0 Å². The summed E-state index contributed by atoms with van der Waals surface area (Å²) in [6.07, 6.45) is 0.952. The molecule has 0 aliphatic rings. The smallest absolute Gasteiger partial charge is 0.0525 e. The molecule has 0 bridgehead atoms. The average molecular weight is 322 g/mol. The fourth-order valence-electron chi connectivity index (χ4n) is 2.35. The Morgan fingerprint density at radius 3 is 2.19 bits per heavy atom. The van der Waals surface area contributed by atoms with E-state index in [2.05, 4.69) is 50.4 Å². The molecule has 2 rings (SSSR count). The zero-order valence-corrected chi connectivity index (χ0v) is 14.2. The monoisotopic (exact) mass is 321 g/mol. The second-order valence-electron chi connectivity index (χ2n) is 5.55. The van der Waals surface area contributed by atoms with Crippen LogP contribution in [0, 0.1) is 0 Å². The molecule has 0 saturated heterocycles. The molecule has 3 heteroatoms. The van der Waals surface area contributed by atoms with Crippen molar-refractivity contribution in [3.8, 4) is 0 Å². The predicted octanol–water partition coefficient (Wildman–Crippen LogP) is 6.68. The first-order chi connectivity index (χ1) is 10.0. The van der Waals surface area contributed by atoms with Crippen LogP contribution in [0.2, 0.25) is 10.0 Å². The molecule has 0 aliphatic heterocycles. The van der Waals surface area contributed by atoms with Crippen LogP contribution in [0.1, 0.15) is 50.3 Å². The molecule has 1 atom stereocenters. The molecular weight excluding hydrogens is 301 g/mol. The topological polar surface area (TPSA) is 12.0 Å². The Bertz CT molecular complexity index is 591. The van der Waals surface area contributed by atoms with Gasteiger partial charge in [-0.25, -0.2) is 0 Å². The van der Waals surface area contributed by atoms with Gasteiger partial charge in [0, 0.05) is 15.7 Å². The van der Waals surface area contributed by atoms with E-state index in [1.807, 2.05) is 12.1 Å². The van der Waals surface area contributed by atoms with E-state index in [1.54, 1.807) is 6.07 Å². The first kappa shape index (κ1) is 16.2. The maximum atomic E-state index is 6.31. The molecule has 2 aromatic carbocycles. The Hall–Kier alpha value is -1.18. The highest BCUT2D eigenvalue weighted by molar-refractivity contribution is 6.35. The third-order valence-electron chi connectivity index (χ3n) is 3.66. The summed E-state index contributed by atoms with van der Waals surface area (Å²) in [6, 6.07) is 14.4. The first-order valence-corrected chi connectivity index (χ1v) is 8.08. The van der Waals surface area contributed by atoms with Crippen molar-refractivity contribution in [2.45, 2.75) is 39.2 Å². The summed E-state index contributed by atoms with van der Waals surface area (Å²) < 4.78 is 0. The maximum absolute atomic E-state index is 6.31. The summed E-state index contributed by atoms with van der Waals surface area (Å²) in [5.74, 6) is 0.548. The van der Waals surface area contributed by atoms with Gasteiger partial charge in [-0.2, -0.15) is 0 Å². The van der Waals surface area contributed by atoms with E-state index < -0.39 is 0 Å². The van der Waals surface area contributed by atoms with Gasteiger partial charge >= 0.3 is 0 Å². The third-order valence-corrected chi connectivity index (χ3v) is 4.23. The van der Waals surface area contributed by atoms with E-state index in [1.165, 1.54) is 5.56 Å². The van der Waals surface area contributed by atoms with Gasteiger partial charge in [-0.15, -0.1) is 0 Å². The minimum absolute atomic E-state index is 0.180. The van der Waals surface area contributed by atoms with Crippen LogP contribution < -0.4 is 5.32 Å². The van der Waals surface area contributed by atoms with Gasteiger partial charge < -0.3 is 5.32 Å². The first-order valence-electron chi connectivity index (χ1n) is 7.32. The number of anilines is 1. The van der Waals surface area contributed by atoms with Crippen LogP contribution >= 0.6 is 23.2 Å². The Morgan fingerprint density at radius 1 is 1.00 bits per heavy atom. The highest BCUT2D eigenvalue weighted by atomic mass is 35.5. The minimum Gasteiger partial charge on any atom is -0.378 e. The summed E-state index contributed by atoms with van der Waals surface area (Å²) in [7, 11) is 0. The van der Waals surface area contributed by atoms with Gasteiger partial charge in [0.15, 0.2) is 0 Å². The highest BCUT2D eigenvalue weighted by Gasteiger charge is 2.13. The number of halogens is 2. The zero-order chi connectivity index (χ0) is 15.4. The third kappa shape index (κ3) is 4.15. The number of nitrogens with one attached hydrogen (secondary N) is 1. The van der Waals surface area contributed by atoms with Crippen molar-refractivity contribution in [1.29, 1.82) is 0 Å². The molecule has 2 aromatic rings. The Labute approximate surface area is 137 Å². The van der Waals surface area contributed by atoms with Crippen molar-refractivity contribution in [2.75, 3.05) is 5.32 Å². The molecule has 0 fully saturated rings. The van der Waals surface area contributed by atoms with Crippen molar-refractivity contribution in [3.63, 3.8) is 0 Å². The van der Waals surface area contributed by atoms with Gasteiger partial charge in [0.05, 0.1) is 6.04 Å². The Kier molecular flexibility index (Phi) is 5.55. The van der Waals surface area contributed by atoms with Crippen molar-refractivity contribution in [3.05, 3.63) is 63.6 Å². The Morgan fingerprint density at radius 2 is 1.67 bits per heavy atom. The molecule has 1 nitrogen and oxygen atoms in total. The van der Waals surface area contributed by atoms with Crippen LogP contribution in [0.15, 0.2) is 42.5 Å². The molecular formula is C18H21Cl2N. The molecule has 0 heterocycles. The maximum Gasteiger partial charge on any atom is 0.0525 e. The van der Waals surface area contributed by atoms with Crippen LogP contribution in [0.5, 0.6) is 0 Å². The lowest BCUT2D eigenvalue weighted by atomic mass is 10.0. The predicted molar refractivity (Wildman–Crippen MR) is 93.6 cm³/mol. The number of hydrogen-bond donors (Lipinski definition) is 1. The van der Waals surface area contributed by atoms with Crippen LogP contribution in [0.4, 0.5) is 5.69 Å². The summed E-state index contributed by atoms with van der Waals surface area (Å²) in [4.78, 5) is 0. The zero-order valence-electron chi connectivity index (χ0n) is 12.7. The minimum atomic E-state index is 0.180. The lowest BCUT2D eigenvalue weighted by Crippen LogP contribution is -2.10. The normalized spacial score (nSPS) is 12.5. The summed E-state index contributed by atoms with van der Waals surface area (Å²) >= 11 is 12.3. The van der Waals surface area contributed by atoms with Gasteiger partial charge in [-0.1, -0.05) is 62.2 Å². The molecule has 21 heavy (non-hydrogen) atoms. The van der Waals surface area contributed by atoms with Crippen molar-refractivity contribution >= 4 is 28.9 Å². The van der Waals surface area contributed by atoms with E-state index in [0.29, 0.717) is 16.0 Å². The molecule has 112 valence electrons. The fraction of sp³-hybridized carbons (Fsp3) is 0.333. The van der Waals surface area contributed by atoms with Crippen LogP contribution in [-0.2, 0) is 0 Å².